The van der Waals surface area contributed by atoms with E-state index in [4.69, 9.17) is 0 Å². The number of nitrogens with zero attached hydrogens (tertiary/aromatic N) is 1. The van der Waals surface area contributed by atoms with Crippen molar-refractivity contribution >= 4 is 10.8 Å². The summed E-state index contributed by atoms with van der Waals surface area (Å²) in [6, 6.07) is 16.2. The lowest BCUT2D eigenvalue weighted by molar-refractivity contribution is 0.167. The minimum atomic E-state index is 0.560. The maximum atomic E-state index is 2.69. The van der Waals surface area contributed by atoms with Crippen molar-refractivity contribution in [1.82, 2.24) is 4.90 Å². The Morgan fingerprint density at radius 2 is 1.88 bits per heavy atom. The van der Waals surface area contributed by atoms with Crippen LogP contribution in [0.5, 0.6) is 0 Å². The van der Waals surface area contributed by atoms with Gasteiger partial charge in [-0.05, 0) is 61.4 Å². The standard InChI is InChI=1S/C24H29N/c1-2-10-20(11-3-1)12-9-19-25-18-7-6-17-24(25)23-16-8-14-21-13-4-5-15-22(21)23/h4-5,8-10,12-16,24H,1-3,6-7,11,17-19H2/b12-9-. The van der Waals surface area contributed by atoms with E-state index in [1.807, 2.05) is 0 Å². The second kappa shape index (κ2) is 8.01. The van der Waals surface area contributed by atoms with Crippen LogP contribution in [0.1, 0.15) is 56.6 Å². The summed E-state index contributed by atoms with van der Waals surface area (Å²) < 4.78 is 0. The van der Waals surface area contributed by atoms with Crippen molar-refractivity contribution in [2.45, 2.75) is 51.0 Å². The van der Waals surface area contributed by atoms with Crippen LogP contribution in [-0.4, -0.2) is 18.0 Å². The third-order valence-corrected chi connectivity index (χ3v) is 5.79. The smallest absolute Gasteiger partial charge is 0.0357 e. The molecule has 0 bridgehead atoms. The van der Waals surface area contributed by atoms with Gasteiger partial charge in [0.05, 0.1) is 0 Å². The van der Waals surface area contributed by atoms with Gasteiger partial charge in [-0.3, -0.25) is 4.90 Å². The molecule has 2 aliphatic rings. The van der Waals surface area contributed by atoms with Gasteiger partial charge in [-0.1, -0.05) is 72.7 Å². The molecular weight excluding hydrogens is 302 g/mol. The Balaban J connectivity index is 1.54. The molecule has 0 amide bonds. The molecule has 2 aromatic rings. The topological polar surface area (TPSA) is 3.24 Å². The summed E-state index contributed by atoms with van der Waals surface area (Å²) in [5.74, 6) is 0. The quantitative estimate of drug-likeness (QED) is 0.624. The third kappa shape index (κ3) is 3.88. The molecule has 1 fully saturated rings. The number of hydrogen-bond donors (Lipinski definition) is 0. The fraction of sp³-hybridized carbons (Fsp3) is 0.417. The summed E-state index contributed by atoms with van der Waals surface area (Å²) >= 11 is 0. The molecule has 130 valence electrons. The van der Waals surface area contributed by atoms with Crippen LogP contribution in [0.2, 0.25) is 0 Å². The Morgan fingerprint density at radius 3 is 2.80 bits per heavy atom. The van der Waals surface area contributed by atoms with Gasteiger partial charge in [0.2, 0.25) is 0 Å². The van der Waals surface area contributed by atoms with Crippen molar-refractivity contribution in [3.63, 3.8) is 0 Å². The minimum Gasteiger partial charge on any atom is -0.293 e. The van der Waals surface area contributed by atoms with Gasteiger partial charge in [-0.25, -0.2) is 0 Å². The Kier molecular flexibility index (Phi) is 5.32. The molecule has 1 heterocycles. The molecule has 0 radical (unpaired) electrons. The predicted octanol–water partition coefficient (Wildman–Crippen LogP) is 6.42. The number of allylic oxidation sites excluding steroid dienone is 3. The van der Waals surface area contributed by atoms with E-state index in [9.17, 15) is 0 Å². The summed E-state index contributed by atoms with van der Waals surface area (Å²) in [5.41, 5.74) is 3.06. The highest BCUT2D eigenvalue weighted by atomic mass is 15.2. The van der Waals surface area contributed by atoms with Gasteiger partial charge in [0.1, 0.15) is 0 Å². The molecule has 1 unspecified atom stereocenters. The highest BCUT2D eigenvalue weighted by Crippen LogP contribution is 2.35. The number of likely N-dealkylation sites (tertiary alicyclic amines) is 1. The molecule has 1 heteroatoms. The molecule has 0 N–H and O–H groups in total. The highest BCUT2D eigenvalue weighted by Gasteiger charge is 2.24. The van der Waals surface area contributed by atoms with Gasteiger partial charge in [0, 0.05) is 12.6 Å². The fourth-order valence-electron chi connectivity index (χ4n) is 4.46. The third-order valence-electron chi connectivity index (χ3n) is 5.79. The molecule has 1 aliphatic heterocycles. The minimum absolute atomic E-state index is 0.560. The SMILES string of the molecule is C1=C(/C=C\CN2CCCCC2c2cccc3ccccc23)CCCC1. The molecular formula is C24H29N. The second-order valence-electron chi connectivity index (χ2n) is 7.50. The van der Waals surface area contributed by atoms with E-state index < -0.39 is 0 Å². The summed E-state index contributed by atoms with van der Waals surface area (Å²) in [6.45, 7) is 2.29. The van der Waals surface area contributed by atoms with Gasteiger partial charge in [-0.2, -0.15) is 0 Å². The Morgan fingerprint density at radius 1 is 0.960 bits per heavy atom. The average Bonchev–Trinajstić information content (AvgIpc) is 2.69. The van der Waals surface area contributed by atoms with E-state index in [0.717, 1.165) is 6.54 Å². The Bertz CT molecular complexity index is 765. The van der Waals surface area contributed by atoms with E-state index in [1.165, 1.54) is 67.8 Å². The molecule has 4 rings (SSSR count). The zero-order chi connectivity index (χ0) is 16.9. The lowest BCUT2D eigenvalue weighted by atomic mass is 9.91. The highest BCUT2D eigenvalue weighted by molar-refractivity contribution is 5.86. The van der Waals surface area contributed by atoms with E-state index in [-0.39, 0.29) is 0 Å². The molecule has 0 aromatic heterocycles. The van der Waals surface area contributed by atoms with Crippen LogP contribution in [0.15, 0.2) is 66.3 Å². The van der Waals surface area contributed by atoms with Crippen molar-refractivity contribution in [1.29, 1.82) is 0 Å². The maximum Gasteiger partial charge on any atom is 0.0357 e. The molecule has 1 nitrogen and oxygen atoms in total. The van der Waals surface area contributed by atoms with Crippen LogP contribution in [0, 0.1) is 0 Å². The van der Waals surface area contributed by atoms with Crippen molar-refractivity contribution < 1.29 is 0 Å². The number of piperidine rings is 1. The van der Waals surface area contributed by atoms with E-state index in [1.54, 1.807) is 5.57 Å². The van der Waals surface area contributed by atoms with E-state index in [0.29, 0.717) is 6.04 Å². The van der Waals surface area contributed by atoms with Crippen LogP contribution in [-0.2, 0) is 0 Å². The molecule has 0 spiro atoms. The lowest BCUT2D eigenvalue weighted by Gasteiger charge is -2.36. The van der Waals surface area contributed by atoms with Crippen LogP contribution < -0.4 is 0 Å². The maximum absolute atomic E-state index is 2.69. The summed E-state index contributed by atoms with van der Waals surface area (Å²) in [7, 11) is 0. The number of rotatable bonds is 4. The number of fused-ring (bicyclic) bond motifs is 1. The fourth-order valence-corrected chi connectivity index (χ4v) is 4.46. The first-order valence-electron chi connectivity index (χ1n) is 9.99. The van der Waals surface area contributed by atoms with Gasteiger partial charge >= 0.3 is 0 Å². The normalized spacial score (nSPS) is 22.4. The molecule has 0 saturated carbocycles. The Labute approximate surface area is 152 Å². The predicted molar refractivity (Wildman–Crippen MR) is 108 cm³/mol. The first-order chi connectivity index (χ1) is 12.4. The number of benzene rings is 2. The van der Waals surface area contributed by atoms with Gasteiger partial charge in [-0.15, -0.1) is 0 Å². The monoisotopic (exact) mass is 331 g/mol. The van der Waals surface area contributed by atoms with Gasteiger partial charge < -0.3 is 0 Å². The molecule has 25 heavy (non-hydrogen) atoms. The van der Waals surface area contributed by atoms with Crippen molar-refractivity contribution in [2.24, 2.45) is 0 Å². The van der Waals surface area contributed by atoms with Crippen molar-refractivity contribution in [3.8, 4) is 0 Å². The Hall–Kier alpha value is -1.86. The summed E-state index contributed by atoms with van der Waals surface area (Å²) in [6.07, 6.45) is 16.4. The summed E-state index contributed by atoms with van der Waals surface area (Å²) in [5, 5.41) is 2.80. The van der Waals surface area contributed by atoms with Gasteiger partial charge in [0.15, 0.2) is 0 Å². The lowest BCUT2D eigenvalue weighted by Crippen LogP contribution is -2.33. The van der Waals surface area contributed by atoms with Crippen molar-refractivity contribution in [3.05, 3.63) is 71.8 Å². The van der Waals surface area contributed by atoms with Crippen LogP contribution in [0.25, 0.3) is 10.8 Å². The first-order valence-corrected chi connectivity index (χ1v) is 9.99. The molecule has 1 saturated heterocycles. The van der Waals surface area contributed by atoms with E-state index in [2.05, 4.69) is 65.6 Å². The second-order valence-corrected chi connectivity index (χ2v) is 7.50. The average molecular weight is 332 g/mol. The van der Waals surface area contributed by atoms with Gasteiger partial charge in [0.25, 0.3) is 0 Å². The molecule has 1 atom stereocenters. The number of hydrogen-bond acceptors (Lipinski definition) is 1. The largest absolute Gasteiger partial charge is 0.293 e. The van der Waals surface area contributed by atoms with E-state index >= 15 is 0 Å². The first kappa shape index (κ1) is 16.6. The molecule has 1 aliphatic carbocycles. The molecule has 2 aromatic carbocycles. The summed E-state index contributed by atoms with van der Waals surface area (Å²) in [4.78, 5) is 2.69. The van der Waals surface area contributed by atoms with Crippen LogP contribution >= 0.6 is 0 Å². The van der Waals surface area contributed by atoms with Crippen LogP contribution in [0.3, 0.4) is 0 Å². The van der Waals surface area contributed by atoms with Crippen molar-refractivity contribution in [2.75, 3.05) is 13.1 Å². The zero-order valence-electron chi connectivity index (χ0n) is 15.2. The zero-order valence-corrected chi connectivity index (χ0v) is 15.2. The van der Waals surface area contributed by atoms with Crippen LogP contribution in [0.4, 0.5) is 0 Å².